The normalized spacial score (nSPS) is 10.6. The third-order valence-electron chi connectivity index (χ3n) is 4.90. The quantitative estimate of drug-likeness (QED) is 0.265. The van der Waals surface area contributed by atoms with Crippen molar-refractivity contribution in [1.82, 2.24) is 15.4 Å². The van der Waals surface area contributed by atoms with Gasteiger partial charge in [-0.1, -0.05) is 83.9 Å². The number of anilines is 4. The molecule has 1 aromatic heterocycles. The molecule has 0 fully saturated rings. The maximum atomic E-state index is 13.2. The number of aromatic nitrogens is 2. The van der Waals surface area contributed by atoms with Crippen molar-refractivity contribution in [2.24, 2.45) is 0 Å². The van der Waals surface area contributed by atoms with Gasteiger partial charge >= 0.3 is 0 Å². The molecule has 3 aromatic carbocycles. The molecule has 1 amide bonds. The van der Waals surface area contributed by atoms with Gasteiger partial charge in [-0.05, 0) is 29.3 Å². The highest BCUT2D eigenvalue weighted by Gasteiger charge is 2.23. The predicted molar refractivity (Wildman–Crippen MR) is 133 cm³/mol. The fourth-order valence-corrected chi connectivity index (χ4v) is 3.58. The van der Waals surface area contributed by atoms with Crippen LogP contribution in [0.1, 0.15) is 17.0 Å². The lowest BCUT2D eigenvalue weighted by Crippen LogP contribution is -2.35. The molecule has 0 aliphatic carbocycles. The number of hydrazine groups is 1. The Bertz CT molecular complexity index is 1220. The zero-order valence-corrected chi connectivity index (χ0v) is 18.8. The Morgan fingerprint density at radius 2 is 1.42 bits per heavy atom. The van der Waals surface area contributed by atoms with Crippen LogP contribution in [0.25, 0.3) is 0 Å². The van der Waals surface area contributed by atoms with Crippen molar-refractivity contribution in [1.29, 1.82) is 0 Å². The minimum atomic E-state index is -0.517. The number of nitrogens with zero attached hydrogens (tertiary/aromatic N) is 2. The first-order valence-electron chi connectivity index (χ1n) is 10.0. The number of nitrogen functional groups attached to an aromatic ring is 1. The van der Waals surface area contributed by atoms with E-state index in [1.807, 2.05) is 60.7 Å². The van der Waals surface area contributed by atoms with E-state index in [2.05, 4.69) is 26.1 Å². The molecule has 0 atom stereocenters. The first kappa shape index (κ1) is 22.4. The minimum Gasteiger partial charge on any atom is -0.393 e. The molecule has 0 aliphatic rings. The van der Waals surface area contributed by atoms with E-state index < -0.39 is 5.92 Å². The smallest absolute Gasteiger partial charge is 0.250 e. The first-order chi connectivity index (χ1) is 16.0. The van der Waals surface area contributed by atoms with Crippen LogP contribution < -0.4 is 21.9 Å². The van der Waals surface area contributed by atoms with Gasteiger partial charge in [-0.25, -0.2) is 9.97 Å². The average molecular weight is 479 g/mol. The Labute approximate surface area is 200 Å². The van der Waals surface area contributed by atoms with Crippen LogP contribution >= 0.6 is 23.2 Å². The van der Waals surface area contributed by atoms with Crippen LogP contribution in [0.2, 0.25) is 10.0 Å². The summed E-state index contributed by atoms with van der Waals surface area (Å²) in [7, 11) is 0. The van der Waals surface area contributed by atoms with Crippen LogP contribution in [-0.2, 0) is 4.79 Å². The number of amides is 1. The van der Waals surface area contributed by atoms with E-state index in [1.54, 1.807) is 18.2 Å². The zero-order chi connectivity index (χ0) is 23.2. The maximum Gasteiger partial charge on any atom is 0.250 e. The second-order valence-electron chi connectivity index (χ2n) is 7.11. The van der Waals surface area contributed by atoms with E-state index in [0.717, 1.165) is 11.1 Å². The van der Waals surface area contributed by atoms with Gasteiger partial charge in [0, 0.05) is 5.69 Å². The van der Waals surface area contributed by atoms with Gasteiger partial charge in [-0.15, -0.1) is 0 Å². The standard InChI is InChI=1S/C24H20Cl2N6O/c25-18-12-11-17(13-19(18)26)30-22-21(27)23(29-14-28-22)31-32-24(33)20(15-7-3-1-4-8-15)16-9-5-2-6-10-16/h1-14,20H,27H2,(H,32,33)(H2,28,29,30,31). The molecule has 0 spiro atoms. The van der Waals surface area contributed by atoms with E-state index in [9.17, 15) is 4.79 Å². The summed E-state index contributed by atoms with van der Waals surface area (Å²) in [5, 5.41) is 3.91. The molecule has 4 aromatic rings. The number of rotatable bonds is 7. The fraction of sp³-hybridized carbons (Fsp3) is 0.0417. The topological polar surface area (TPSA) is 105 Å². The molecule has 0 bridgehead atoms. The Morgan fingerprint density at radius 3 is 2.03 bits per heavy atom. The summed E-state index contributed by atoms with van der Waals surface area (Å²) in [5.41, 5.74) is 14.4. The van der Waals surface area contributed by atoms with Crippen molar-refractivity contribution in [3.8, 4) is 0 Å². The van der Waals surface area contributed by atoms with Crippen molar-refractivity contribution >= 4 is 52.1 Å². The number of carbonyl (C=O) groups is 1. The Balaban J connectivity index is 1.52. The van der Waals surface area contributed by atoms with Crippen molar-refractivity contribution in [2.75, 3.05) is 16.5 Å². The highest BCUT2D eigenvalue weighted by atomic mass is 35.5. The molecule has 166 valence electrons. The summed E-state index contributed by atoms with van der Waals surface area (Å²) in [6, 6.07) is 24.1. The third-order valence-corrected chi connectivity index (χ3v) is 5.64. The van der Waals surface area contributed by atoms with E-state index in [-0.39, 0.29) is 17.4 Å². The molecule has 7 nitrogen and oxygen atoms in total. The van der Waals surface area contributed by atoms with Crippen molar-refractivity contribution in [3.63, 3.8) is 0 Å². The third kappa shape index (κ3) is 5.34. The Hall–Kier alpha value is -3.81. The van der Waals surface area contributed by atoms with Gasteiger partial charge in [-0.2, -0.15) is 0 Å². The average Bonchev–Trinajstić information content (AvgIpc) is 2.83. The number of halogens is 2. The van der Waals surface area contributed by atoms with Gasteiger partial charge < -0.3 is 11.1 Å². The number of nitrogens with one attached hydrogen (secondary N) is 3. The van der Waals surface area contributed by atoms with Crippen LogP contribution in [0.4, 0.5) is 23.0 Å². The summed E-state index contributed by atoms with van der Waals surface area (Å²) >= 11 is 12.0. The summed E-state index contributed by atoms with van der Waals surface area (Å²) in [5.74, 6) is -0.176. The fourth-order valence-electron chi connectivity index (χ4n) is 3.28. The molecule has 0 saturated heterocycles. The monoisotopic (exact) mass is 478 g/mol. The number of carbonyl (C=O) groups excluding carboxylic acids is 1. The number of hydrogen-bond acceptors (Lipinski definition) is 6. The van der Waals surface area contributed by atoms with Gasteiger partial charge in [-0.3, -0.25) is 15.6 Å². The van der Waals surface area contributed by atoms with Crippen LogP contribution in [0, 0.1) is 0 Å². The summed E-state index contributed by atoms with van der Waals surface area (Å²) < 4.78 is 0. The molecule has 0 saturated carbocycles. The van der Waals surface area contributed by atoms with Crippen LogP contribution in [0.3, 0.4) is 0 Å². The van der Waals surface area contributed by atoms with Crippen molar-refractivity contribution < 1.29 is 4.79 Å². The van der Waals surface area contributed by atoms with E-state index in [1.165, 1.54) is 6.33 Å². The maximum absolute atomic E-state index is 13.2. The number of benzene rings is 3. The molecule has 9 heteroatoms. The highest BCUT2D eigenvalue weighted by Crippen LogP contribution is 2.30. The SMILES string of the molecule is Nc1c(NNC(=O)C(c2ccccc2)c2ccccc2)ncnc1Nc1ccc(Cl)c(Cl)c1. The Morgan fingerprint density at radius 1 is 0.818 bits per heavy atom. The van der Waals surface area contributed by atoms with E-state index >= 15 is 0 Å². The lowest BCUT2D eigenvalue weighted by atomic mass is 9.91. The molecule has 0 unspecified atom stereocenters. The summed E-state index contributed by atoms with van der Waals surface area (Å²) in [6.45, 7) is 0. The predicted octanol–water partition coefficient (Wildman–Crippen LogP) is 5.38. The Kier molecular flexibility index (Phi) is 6.92. The van der Waals surface area contributed by atoms with E-state index in [0.29, 0.717) is 21.6 Å². The van der Waals surface area contributed by atoms with Gasteiger partial charge in [0.2, 0.25) is 5.91 Å². The first-order valence-corrected chi connectivity index (χ1v) is 10.8. The van der Waals surface area contributed by atoms with Crippen LogP contribution in [0.5, 0.6) is 0 Å². The second-order valence-corrected chi connectivity index (χ2v) is 7.92. The second kappa shape index (κ2) is 10.2. The lowest BCUT2D eigenvalue weighted by Gasteiger charge is -2.19. The molecular formula is C24H20Cl2N6O. The molecule has 1 heterocycles. The molecule has 0 aliphatic heterocycles. The highest BCUT2D eigenvalue weighted by molar-refractivity contribution is 6.42. The van der Waals surface area contributed by atoms with Crippen molar-refractivity contribution in [3.05, 3.63) is 106 Å². The van der Waals surface area contributed by atoms with E-state index in [4.69, 9.17) is 28.9 Å². The number of hydrogen-bond donors (Lipinski definition) is 4. The minimum absolute atomic E-state index is 0.222. The zero-order valence-electron chi connectivity index (χ0n) is 17.3. The molecule has 4 rings (SSSR count). The van der Waals surface area contributed by atoms with Gasteiger partial charge in [0.15, 0.2) is 11.6 Å². The lowest BCUT2D eigenvalue weighted by molar-refractivity contribution is -0.121. The van der Waals surface area contributed by atoms with Crippen LogP contribution in [0.15, 0.2) is 85.2 Å². The van der Waals surface area contributed by atoms with Crippen molar-refractivity contribution in [2.45, 2.75) is 5.92 Å². The summed E-state index contributed by atoms with van der Waals surface area (Å²) in [6.07, 6.45) is 1.33. The molecule has 0 radical (unpaired) electrons. The number of nitrogens with two attached hydrogens (primary N) is 1. The molecule has 5 N–H and O–H groups in total. The molecule has 33 heavy (non-hydrogen) atoms. The van der Waals surface area contributed by atoms with Gasteiger partial charge in [0.25, 0.3) is 0 Å². The molecular weight excluding hydrogens is 459 g/mol. The van der Waals surface area contributed by atoms with Crippen LogP contribution in [-0.4, -0.2) is 15.9 Å². The largest absolute Gasteiger partial charge is 0.393 e. The summed E-state index contributed by atoms with van der Waals surface area (Å²) in [4.78, 5) is 21.5. The van der Waals surface area contributed by atoms with Gasteiger partial charge in [0.1, 0.15) is 12.0 Å². The van der Waals surface area contributed by atoms with Gasteiger partial charge in [0.05, 0.1) is 16.0 Å².